The summed E-state index contributed by atoms with van der Waals surface area (Å²) in [4.78, 5) is 29.4. The molecule has 0 unspecified atom stereocenters. The Labute approximate surface area is 158 Å². The van der Waals surface area contributed by atoms with E-state index >= 15 is 0 Å². The van der Waals surface area contributed by atoms with Gasteiger partial charge in [0.05, 0.1) is 18.3 Å². The number of fused-ring (bicyclic) bond motifs is 1. The van der Waals surface area contributed by atoms with E-state index in [0.717, 1.165) is 19.5 Å². The summed E-state index contributed by atoms with van der Waals surface area (Å²) in [5.41, 5.74) is 2.26. The monoisotopic (exact) mass is 367 g/mol. The normalized spacial score (nSPS) is 25.1. The summed E-state index contributed by atoms with van der Waals surface area (Å²) < 4.78 is 6.07. The van der Waals surface area contributed by atoms with E-state index in [2.05, 4.69) is 27.3 Å². The van der Waals surface area contributed by atoms with Gasteiger partial charge in [0.25, 0.3) is 5.91 Å². The lowest BCUT2D eigenvalue weighted by atomic mass is 10.1. The molecular weight excluding hydrogens is 342 g/mol. The number of hydrogen-bond acceptors (Lipinski definition) is 4. The number of aryl methyl sites for hydroxylation is 1. The van der Waals surface area contributed by atoms with Crippen LogP contribution in [0, 0.1) is 0 Å². The average Bonchev–Trinajstić information content (AvgIpc) is 3.09. The Balaban J connectivity index is 1.40. The van der Waals surface area contributed by atoms with Crippen molar-refractivity contribution in [2.24, 2.45) is 0 Å². The molecule has 27 heavy (non-hydrogen) atoms. The summed E-state index contributed by atoms with van der Waals surface area (Å²) in [6, 6.07) is 13.7. The molecule has 0 bridgehead atoms. The fourth-order valence-electron chi connectivity index (χ4n) is 4.12. The van der Waals surface area contributed by atoms with Gasteiger partial charge in [0, 0.05) is 36.9 Å². The van der Waals surface area contributed by atoms with Crippen LogP contribution >= 0.6 is 0 Å². The number of aromatic amines is 1. The Bertz CT molecular complexity index is 864. The molecule has 4 rings (SSSR count). The van der Waals surface area contributed by atoms with Gasteiger partial charge in [0.2, 0.25) is 5.56 Å². The molecule has 6 heteroatoms. The molecule has 2 N–H and O–H groups in total. The number of carbonyl (C=O) groups excluding carboxylic acids is 1. The number of amides is 1. The maximum absolute atomic E-state index is 12.7. The number of pyridine rings is 1. The van der Waals surface area contributed by atoms with Gasteiger partial charge in [-0.05, 0) is 24.5 Å². The lowest BCUT2D eigenvalue weighted by Crippen LogP contribution is -2.43. The molecule has 2 saturated heterocycles. The first-order valence-corrected chi connectivity index (χ1v) is 9.57. The Hall–Kier alpha value is -2.44. The third-order valence-electron chi connectivity index (χ3n) is 5.52. The van der Waals surface area contributed by atoms with Gasteiger partial charge in [-0.3, -0.25) is 14.5 Å². The minimum absolute atomic E-state index is 0.0859. The number of hydrogen-bond donors (Lipinski definition) is 2. The van der Waals surface area contributed by atoms with E-state index in [4.69, 9.17) is 4.74 Å². The van der Waals surface area contributed by atoms with Crippen molar-refractivity contribution in [2.75, 3.05) is 19.7 Å². The van der Waals surface area contributed by atoms with Crippen LogP contribution in [0.2, 0.25) is 0 Å². The second-order valence-corrected chi connectivity index (χ2v) is 7.31. The summed E-state index contributed by atoms with van der Waals surface area (Å²) in [6.45, 7) is 4.29. The molecule has 1 aromatic carbocycles. The van der Waals surface area contributed by atoms with E-state index in [1.165, 1.54) is 11.6 Å². The molecular formula is C21H25N3O3. The molecule has 2 aliphatic heterocycles. The van der Waals surface area contributed by atoms with Crippen LogP contribution < -0.4 is 10.9 Å². The third kappa shape index (κ3) is 3.82. The predicted molar refractivity (Wildman–Crippen MR) is 103 cm³/mol. The molecule has 2 aliphatic rings. The van der Waals surface area contributed by atoms with E-state index in [-0.39, 0.29) is 23.6 Å². The number of morpholine rings is 1. The van der Waals surface area contributed by atoms with Crippen molar-refractivity contribution in [3.05, 3.63) is 69.6 Å². The zero-order valence-corrected chi connectivity index (χ0v) is 15.5. The lowest BCUT2D eigenvalue weighted by Gasteiger charge is -2.35. The van der Waals surface area contributed by atoms with Crippen LogP contribution in [0.15, 0.2) is 47.3 Å². The number of nitrogens with one attached hydrogen (secondary N) is 2. The van der Waals surface area contributed by atoms with E-state index in [9.17, 15) is 9.59 Å². The molecule has 3 heterocycles. The maximum Gasteiger partial charge on any atom is 0.253 e. The molecule has 0 aliphatic carbocycles. The topological polar surface area (TPSA) is 74.4 Å². The number of aromatic nitrogens is 1. The zero-order chi connectivity index (χ0) is 18.8. The molecule has 0 radical (unpaired) electrons. The molecule has 3 atom stereocenters. The fourth-order valence-corrected chi connectivity index (χ4v) is 4.12. The third-order valence-corrected chi connectivity index (χ3v) is 5.52. The number of nitrogens with zero attached hydrogens (tertiary/aromatic N) is 1. The van der Waals surface area contributed by atoms with Crippen LogP contribution in [0.1, 0.15) is 41.1 Å². The highest BCUT2D eigenvalue weighted by atomic mass is 16.5. The number of rotatable bonds is 4. The van der Waals surface area contributed by atoms with Crippen molar-refractivity contribution in [1.29, 1.82) is 0 Å². The van der Waals surface area contributed by atoms with Crippen molar-refractivity contribution < 1.29 is 9.53 Å². The number of ether oxygens (including phenoxy) is 1. The highest BCUT2D eigenvalue weighted by molar-refractivity contribution is 5.95. The fraction of sp³-hybridized carbons (Fsp3) is 0.429. The summed E-state index contributed by atoms with van der Waals surface area (Å²) in [7, 11) is 0. The van der Waals surface area contributed by atoms with Crippen LogP contribution in [0.25, 0.3) is 0 Å². The highest BCUT2D eigenvalue weighted by Gasteiger charge is 2.38. The van der Waals surface area contributed by atoms with Gasteiger partial charge in [0.1, 0.15) is 0 Å². The molecule has 2 fully saturated rings. The molecule has 0 spiro atoms. The van der Waals surface area contributed by atoms with E-state index in [1.54, 1.807) is 6.07 Å². The first-order chi connectivity index (χ1) is 13.1. The standard InChI is InChI=1S/C21H25N3O3/c1-2-18-17(8-9-20(25)23-18)21(26)22-15-10-16-13-27-19(12-24(16)11-15)14-6-4-3-5-7-14/h3-9,15-16,19H,2,10-13H2,1H3,(H,22,26)(H,23,25)/t15-,16-,19+/m0/s1. The quantitative estimate of drug-likeness (QED) is 0.865. The van der Waals surface area contributed by atoms with Crippen molar-refractivity contribution in [3.63, 3.8) is 0 Å². The summed E-state index contributed by atoms with van der Waals surface area (Å²) >= 11 is 0. The van der Waals surface area contributed by atoms with Gasteiger partial charge >= 0.3 is 0 Å². The number of benzene rings is 1. The first kappa shape index (κ1) is 17.9. The van der Waals surface area contributed by atoms with Crippen LogP contribution in [0.3, 0.4) is 0 Å². The Morgan fingerprint density at radius 2 is 2.04 bits per heavy atom. The second kappa shape index (κ2) is 7.66. The van der Waals surface area contributed by atoms with Crippen LogP contribution in [-0.2, 0) is 11.2 Å². The lowest BCUT2D eigenvalue weighted by molar-refractivity contribution is -0.0502. The molecule has 142 valence electrons. The average molecular weight is 367 g/mol. The Morgan fingerprint density at radius 1 is 1.22 bits per heavy atom. The minimum Gasteiger partial charge on any atom is -0.371 e. The van der Waals surface area contributed by atoms with Gasteiger partial charge < -0.3 is 15.0 Å². The predicted octanol–water partition coefficient (Wildman–Crippen LogP) is 1.88. The van der Waals surface area contributed by atoms with E-state index in [0.29, 0.717) is 30.3 Å². The molecule has 1 amide bonds. The summed E-state index contributed by atoms with van der Waals surface area (Å²) in [6.07, 6.45) is 1.59. The zero-order valence-electron chi connectivity index (χ0n) is 15.5. The van der Waals surface area contributed by atoms with Gasteiger partial charge in [-0.2, -0.15) is 0 Å². The van der Waals surface area contributed by atoms with Crippen molar-refractivity contribution in [1.82, 2.24) is 15.2 Å². The van der Waals surface area contributed by atoms with Gasteiger partial charge in [-0.15, -0.1) is 0 Å². The maximum atomic E-state index is 12.7. The van der Waals surface area contributed by atoms with Crippen LogP contribution in [0.4, 0.5) is 0 Å². The van der Waals surface area contributed by atoms with Crippen molar-refractivity contribution in [3.8, 4) is 0 Å². The second-order valence-electron chi connectivity index (χ2n) is 7.31. The van der Waals surface area contributed by atoms with Gasteiger partial charge in [-0.1, -0.05) is 37.3 Å². The van der Waals surface area contributed by atoms with Crippen LogP contribution in [-0.4, -0.2) is 47.6 Å². The van der Waals surface area contributed by atoms with Gasteiger partial charge in [-0.25, -0.2) is 0 Å². The number of carbonyl (C=O) groups is 1. The largest absolute Gasteiger partial charge is 0.371 e. The Kier molecular flexibility index (Phi) is 5.09. The number of H-pyrrole nitrogens is 1. The summed E-state index contributed by atoms with van der Waals surface area (Å²) in [5.74, 6) is -0.117. The van der Waals surface area contributed by atoms with Crippen molar-refractivity contribution in [2.45, 2.75) is 38.0 Å². The van der Waals surface area contributed by atoms with Crippen LogP contribution in [0.5, 0.6) is 0 Å². The smallest absolute Gasteiger partial charge is 0.253 e. The molecule has 6 nitrogen and oxygen atoms in total. The molecule has 0 saturated carbocycles. The van der Waals surface area contributed by atoms with E-state index in [1.807, 2.05) is 25.1 Å². The SMILES string of the molecule is CCc1[nH]c(=O)ccc1C(=O)N[C@H]1C[C@H]2CO[C@@H](c3ccccc3)CN2C1. The first-order valence-electron chi connectivity index (χ1n) is 9.57. The highest BCUT2D eigenvalue weighted by Crippen LogP contribution is 2.30. The molecule has 1 aromatic heterocycles. The van der Waals surface area contributed by atoms with Gasteiger partial charge in [0.15, 0.2) is 0 Å². The molecule has 2 aromatic rings. The van der Waals surface area contributed by atoms with Crippen molar-refractivity contribution >= 4 is 5.91 Å². The minimum atomic E-state index is -0.175. The Morgan fingerprint density at radius 3 is 2.81 bits per heavy atom. The van der Waals surface area contributed by atoms with E-state index < -0.39 is 0 Å². The summed E-state index contributed by atoms with van der Waals surface area (Å²) in [5, 5.41) is 3.14.